The van der Waals surface area contributed by atoms with Crippen molar-refractivity contribution in [2.75, 3.05) is 19.8 Å². The Hall–Kier alpha value is -0.610. The van der Waals surface area contributed by atoms with Gasteiger partial charge >= 0.3 is 0 Å². The molecular weight excluding hydrogens is 260 g/mol. The highest BCUT2D eigenvalue weighted by Crippen LogP contribution is 2.32. The molecule has 3 unspecified atom stereocenters. The van der Waals surface area contributed by atoms with E-state index in [0.29, 0.717) is 6.04 Å². The van der Waals surface area contributed by atoms with Crippen LogP contribution in [-0.2, 0) is 4.74 Å². The van der Waals surface area contributed by atoms with Crippen molar-refractivity contribution in [1.29, 1.82) is 0 Å². The molecule has 2 rings (SSSR count). The Balaban J connectivity index is 2.33. The average Bonchev–Trinajstić information content (AvgIpc) is 2.43. The molecule has 0 saturated carbocycles. The summed E-state index contributed by atoms with van der Waals surface area (Å²) in [6.45, 7) is 6.74. The molecule has 0 spiro atoms. The number of nitrogens with zero attached hydrogens (tertiary/aromatic N) is 1. The van der Waals surface area contributed by atoms with Gasteiger partial charge in [-0.25, -0.2) is 0 Å². The normalized spacial score (nSPS) is 24.1. The zero-order valence-corrected chi connectivity index (χ0v) is 12.4. The molecule has 1 heterocycles. The van der Waals surface area contributed by atoms with Gasteiger partial charge in [-0.1, -0.05) is 36.7 Å². The summed E-state index contributed by atoms with van der Waals surface area (Å²) >= 11 is 6.37. The quantitative estimate of drug-likeness (QED) is 0.923. The molecule has 3 nitrogen and oxygen atoms in total. The van der Waals surface area contributed by atoms with Gasteiger partial charge in [0.25, 0.3) is 0 Å². The van der Waals surface area contributed by atoms with Crippen molar-refractivity contribution in [3.63, 3.8) is 0 Å². The number of nitrogens with two attached hydrogens (primary N) is 1. The van der Waals surface area contributed by atoms with Gasteiger partial charge in [-0.3, -0.25) is 4.90 Å². The van der Waals surface area contributed by atoms with Gasteiger partial charge in [0.05, 0.1) is 19.3 Å². The molecule has 19 heavy (non-hydrogen) atoms. The predicted molar refractivity (Wildman–Crippen MR) is 79.4 cm³/mol. The summed E-state index contributed by atoms with van der Waals surface area (Å²) in [7, 11) is 0. The lowest BCUT2D eigenvalue weighted by Crippen LogP contribution is -2.50. The minimum Gasteiger partial charge on any atom is -0.379 e. The van der Waals surface area contributed by atoms with Crippen LogP contribution in [0.2, 0.25) is 5.02 Å². The van der Waals surface area contributed by atoms with Gasteiger partial charge in [-0.15, -0.1) is 0 Å². The second-order valence-corrected chi connectivity index (χ2v) is 5.61. The summed E-state index contributed by atoms with van der Waals surface area (Å²) in [5, 5.41) is 0.801. The Labute approximate surface area is 120 Å². The topological polar surface area (TPSA) is 38.5 Å². The van der Waals surface area contributed by atoms with Crippen molar-refractivity contribution in [3.05, 3.63) is 34.9 Å². The summed E-state index contributed by atoms with van der Waals surface area (Å²) in [5.74, 6) is 0. The van der Waals surface area contributed by atoms with E-state index in [1.165, 1.54) is 0 Å². The van der Waals surface area contributed by atoms with Crippen LogP contribution in [0.25, 0.3) is 0 Å². The third kappa shape index (κ3) is 3.29. The molecule has 1 aromatic carbocycles. The maximum absolute atomic E-state index is 6.37. The average molecular weight is 283 g/mol. The number of morpholine rings is 1. The van der Waals surface area contributed by atoms with E-state index in [1.807, 2.05) is 18.2 Å². The van der Waals surface area contributed by atoms with E-state index in [-0.39, 0.29) is 12.1 Å². The van der Waals surface area contributed by atoms with Crippen LogP contribution in [0, 0.1) is 0 Å². The van der Waals surface area contributed by atoms with Gasteiger partial charge < -0.3 is 10.5 Å². The van der Waals surface area contributed by atoms with Crippen molar-refractivity contribution >= 4 is 11.6 Å². The van der Waals surface area contributed by atoms with Crippen LogP contribution in [0.1, 0.15) is 31.9 Å². The van der Waals surface area contributed by atoms with E-state index in [4.69, 9.17) is 22.1 Å². The highest BCUT2D eigenvalue weighted by molar-refractivity contribution is 6.31. The zero-order chi connectivity index (χ0) is 13.8. The summed E-state index contributed by atoms with van der Waals surface area (Å²) in [6, 6.07) is 8.64. The molecule has 4 heteroatoms. The zero-order valence-electron chi connectivity index (χ0n) is 11.7. The summed E-state index contributed by atoms with van der Waals surface area (Å²) in [4.78, 5) is 2.43. The lowest BCUT2D eigenvalue weighted by molar-refractivity contribution is -0.0282. The van der Waals surface area contributed by atoms with Gasteiger partial charge in [-0.2, -0.15) is 0 Å². The molecule has 0 radical (unpaired) electrons. The molecule has 1 fully saturated rings. The number of halogens is 1. The van der Waals surface area contributed by atoms with E-state index >= 15 is 0 Å². The molecule has 0 amide bonds. The number of rotatable bonds is 4. The first kappa shape index (κ1) is 14.8. The lowest BCUT2D eigenvalue weighted by Gasteiger charge is -2.42. The van der Waals surface area contributed by atoms with E-state index in [0.717, 1.165) is 36.8 Å². The molecule has 3 atom stereocenters. The SMILES string of the molecule is CCC(N)C(c1ccccc1Cl)N1CCOCC1C. The third-order valence-corrected chi connectivity index (χ3v) is 4.22. The molecule has 106 valence electrons. The van der Waals surface area contributed by atoms with Gasteiger partial charge in [-0.05, 0) is 25.0 Å². The molecule has 1 aliphatic heterocycles. The number of hydrogen-bond donors (Lipinski definition) is 1. The summed E-state index contributed by atoms with van der Waals surface area (Å²) in [5.41, 5.74) is 7.50. The molecule has 1 saturated heterocycles. The maximum Gasteiger partial charge on any atom is 0.0620 e. The fourth-order valence-electron chi connectivity index (χ4n) is 2.75. The van der Waals surface area contributed by atoms with Crippen molar-refractivity contribution in [2.24, 2.45) is 5.73 Å². The minimum absolute atomic E-state index is 0.0837. The van der Waals surface area contributed by atoms with Crippen LogP contribution in [0.4, 0.5) is 0 Å². The first-order valence-corrected chi connectivity index (χ1v) is 7.36. The van der Waals surface area contributed by atoms with Gasteiger partial charge in [0.1, 0.15) is 0 Å². The van der Waals surface area contributed by atoms with E-state index in [1.54, 1.807) is 0 Å². The van der Waals surface area contributed by atoms with Gasteiger partial charge in [0.2, 0.25) is 0 Å². The minimum atomic E-state index is 0.0837. The van der Waals surface area contributed by atoms with Crippen LogP contribution in [0.3, 0.4) is 0 Å². The Bertz CT molecular complexity index is 413. The Morgan fingerprint density at radius 1 is 1.47 bits per heavy atom. The monoisotopic (exact) mass is 282 g/mol. The van der Waals surface area contributed by atoms with Gasteiger partial charge in [0, 0.05) is 23.7 Å². The Morgan fingerprint density at radius 3 is 2.84 bits per heavy atom. The number of benzene rings is 1. The number of ether oxygens (including phenoxy) is 1. The fraction of sp³-hybridized carbons (Fsp3) is 0.600. The highest BCUT2D eigenvalue weighted by Gasteiger charge is 2.32. The second kappa shape index (κ2) is 6.71. The fourth-order valence-corrected chi connectivity index (χ4v) is 2.99. The lowest BCUT2D eigenvalue weighted by atomic mass is 9.94. The van der Waals surface area contributed by atoms with E-state index in [2.05, 4.69) is 24.8 Å². The predicted octanol–water partition coefficient (Wildman–Crippen LogP) is 2.84. The van der Waals surface area contributed by atoms with Crippen LogP contribution < -0.4 is 5.73 Å². The van der Waals surface area contributed by atoms with E-state index < -0.39 is 0 Å². The molecule has 0 aliphatic carbocycles. The number of hydrogen-bond acceptors (Lipinski definition) is 3. The van der Waals surface area contributed by atoms with Gasteiger partial charge in [0.15, 0.2) is 0 Å². The van der Waals surface area contributed by atoms with E-state index in [9.17, 15) is 0 Å². The van der Waals surface area contributed by atoms with Crippen molar-refractivity contribution in [1.82, 2.24) is 4.90 Å². The largest absolute Gasteiger partial charge is 0.379 e. The molecule has 0 bridgehead atoms. The first-order chi connectivity index (χ1) is 9.15. The summed E-state index contributed by atoms with van der Waals surface area (Å²) in [6.07, 6.45) is 0.931. The maximum atomic E-state index is 6.37. The summed E-state index contributed by atoms with van der Waals surface area (Å²) < 4.78 is 5.53. The molecule has 2 N–H and O–H groups in total. The second-order valence-electron chi connectivity index (χ2n) is 5.20. The van der Waals surface area contributed by atoms with Crippen LogP contribution in [-0.4, -0.2) is 36.7 Å². The van der Waals surface area contributed by atoms with Crippen molar-refractivity contribution < 1.29 is 4.74 Å². The molecule has 0 aromatic heterocycles. The third-order valence-electron chi connectivity index (χ3n) is 3.88. The Morgan fingerprint density at radius 2 is 2.21 bits per heavy atom. The standard InChI is InChI=1S/C15H23ClN2O/c1-3-14(17)15(12-6-4-5-7-13(12)16)18-8-9-19-10-11(18)2/h4-7,11,14-15H,3,8-10,17H2,1-2H3. The van der Waals surface area contributed by atoms with Crippen molar-refractivity contribution in [3.8, 4) is 0 Å². The van der Waals surface area contributed by atoms with Crippen LogP contribution in [0.15, 0.2) is 24.3 Å². The van der Waals surface area contributed by atoms with Crippen LogP contribution >= 0.6 is 11.6 Å². The van der Waals surface area contributed by atoms with Crippen LogP contribution in [0.5, 0.6) is 0 Å². The molecule has 1 aromatic rings. The Kier molecular flexibility index (Phi) is 5.22. The molecular formula is C15H23ClN2O. The smallest absolute Gasteiger partial charge is 0.0620 e. The van der Waals surface area contributed by atoms with Crippen molar-refractivity contribution in [2.45, 2.75) is 38.4 Å². The highest BCUT2D eigenvalue weighted by atomic mass is 35.5. The first-order valence-electron chi connectivity index (χ1n) is 6.98. The molecule has 1 aliphatic rings.